The molecule has 3 aromatic rings. The van der Waals surface area contributed by atoms with Crippen molar-refractivity contribution >= 4 is 0 Å². The molecule has 1 aliphatic heterocycles. The number of hydrogen-bond acceptors (Lipinski definition) is 5. The van der Waals surface area contributed by atoms with Gasteiger partial charge in [0.1, 0.15) is 11.9 Å². The van der Waals surface area contributed by atoms with Crippen molar-refractivity contribution in [1.29, 1.82) is 0 Å². The first-order chi connectivity index (χ1) is 16.1. The van der Waals surface area contributed by atoms with Crippen LogP contribution in [0.2, 0.25) is 0 Å². The van der Waals surface area contributed by atoms with Crippen LogP contribution in [0.15, 0.2) is 66.7 Å². The average molecular weight is 540 g/mol. The van der Waals surface area contributed by atoms with Crippen LogP contribution in [0.5, 0.6) is 5.75 Å². The van der Waals surface area contributed by atoms with E-state index in [-0.39, 0.29) is 45.5 Å². The van der Waals surface area contributed by atoms with Gasteiger partial charge in [-0.1, -0.05) is 73.5 Å². The summed E-state index contributed by atoms with van der Waals surface area (Å²) >= 11 is 0. The molecular weight excluding hydrogens is 503 g/mol. The zero-order valence-electron chi connectivity index (χ0n) is 20.6. The minimum Gasteiger partial charge on any atom is -0.652 e. The van der Waals surface area contributed by atoms with E-state index in [1.165, 1.54) is 16.7 Å². The van der Waals surface area contributed by atoms with Crippen molar-refractivity contribution in [2.24, 2.45) is 0 Å². The number of aromatic nitrogens is 1. The summed E-state index contributed by atoms with van der Waals surface area (Å²) in [7, 11) is 1.71. The number of aliphatic hydroxyl groups is 2. The Balaban J connectivity index is 0.000000323. The van der Waals surface area contributed by atoms with E-state index in [0.29, 0.717) is 12.2 Å². The Bertz CT molecular complexity index is 957. The number of aryl methyl sites for hydroxylation is 1. The number of ether oxygens (including phenoxy) is 1. The van der Waals surface area contributed by atoms with Gasteiger partial charge < -0.3 is 20.3 Å². The predicted octanol–water partition coefficient (Wildman–Crippen LogP) is 4.70. The summed E-state index contributed by atoms with van der Waals surface area (Å²) < 4.78 is 5.32. The molecule has 3 N–H and O–H groups in total. The summed E-state index contributed by atoms with van der Waals surface area (Å²) in [5, 5.41) is 25.4. The summed E-state index contributed by atoms with van der Waals surface area (Å²) in [4.78, 5) is 4.15. The summed E-state index contributed by atoms with van der Waals surface area (Å²) in [6.07, 6.45) is 0.370. The van der Waals surface area contributed by atoms with Crippen LogP contribution in [0, 0.1) is 6.92 Å². The first kappa shape index (κ1) is 30.4. The van der Waals surface area contributed by atoms with Crippen LogP contribution < -0.4 is 10.1 Å². The first-order valence-electron chi connectivity index (χ1n) is 11.4. The molecule has 2 atom stereocenters. The summed E-state index contributed by atoms with van der Waals surface area (Å²) in [5.41, 5.74) is 5.43. The molecule has 6 nitrogen and oxygen atoms in total. The number of hydrogen-bond donors (Lipinski definition) is 3. The minimum atomic E-state index is -0.660. The minimum absolute atomic E-state index is 0. The second-order valence-corrected chi connectivity index (χ2v) is 7.37. The van der Waals surface area contributed by atoms with Crippen molar-refractivity contribution < 1.29 is 47.7 Å². The summed E-state index contributed by atoms with van der Waals surface area (Å²) in [6.45, 7) is 6.95. The molecule has 7 heteroatoms. The van der Waals surface area contributed by atoms with Gasteiger partial charge in [0.15, 0.2) is 0 Å². The Labute approximate surface area is 229 Å². The van der Waals surface area contributed by atoms with Crippen molar-refractivity contribution in [3.63, 3.8) is 0 Å². The molecule has 0 bridgehead atoms. The number of methoxy groups -OCH3 is 1. The van der Waals surface area contributed by atoms with Crippen molar-refractivity contribution in [1.82, 2.24) is 10.3 Å². The number of pyridine rings is 1. The van der Waals surface area contributed by atoms with Crippen LogP contribution in [-0.4, -0.2) is 42.1 Å². The van der Waals surface area contributed by atoms with Gasteiger partial charge in [-0.3, -0.25) is 10.3 Å². The van der Waals surface area contributed by atoms with Gasteiger partial charge in [-0.25, -0.2) is 0 Å². The Hall–Kier alpha value is -1.67. The van der Waals surface area contributed by atoms with Crippen LogP contribution in [0.3, 0.4) is 0 Å². The van der Waals surface area contributed by atoms with E-state index in [1.54, 1.807) is 13.2 Å². The van der Waals surface area contributed by atoms with Gasteiger partial charge in [-0.05, 0) is 43.2 Å². The third-order valence-electron chi connectivity index (χ3n) is 5.16. The molecule has 181 valence electrons. The number of nitrogens with zero attached hydrogens (tertiary/aromatic N) is 2. The van der Waals surface area contributed by atoms with Gasteiger partial charge in [-0.15, -0.1) is 6.54 Å². The predicted molar refractivity (Wildman–Crippen MR) is 134 cm³/mol. The molecule has 1 aromatic heterocycles. The van der Waals surface area contributed by atoms with E-state index in [4.69, 9.17) is 15.2 Å². The molecule has 0 spiro atoms. The van der Waals surface area contributed by atoms with Crippen LogP contribution >= 0.6 is 0 Å². The van der Waals surface area contributed by atoms with Gasteiger partial charge >= 0.3 is 0 Å². The summed E-state index contributed by atoms with van der Waals surface area (Å²) in [5.74, 6) is 0.909. The number of benzene rings is 2. The van der Waals surface area contributed by atoms with Gasteiger partial charge in [0, 0.05) is 44.9 Å². The normalized spacial score (nSPS) is 14.7. The van der Waals surface area contributed by atoms with Gasteiger partial charge in [-0.2, -0.15) is 0 Å². The Morgan fingerprint density at radius 1 is 1.09 bits per heavy atom. The maximum Gasteiger partial charge on any atom is 0.119 e. The molecule has 34 heavy (non-hydrogen) atoms. The molecule has 2 heterocycles. The molecule has 0 aliphatic carbocycles. The standard InChI is InChI=1S/C16H16NO.C9H14N2O2.C2H6.Y/c1-18-14-8-7-12-9-10-17-16(15(12)11-14)13-5-3-2-4-6-13;1-7-3-2-4-8(11-7)9(13)5-10-6-12;1-2;/h2-8,11,16H,9-10H2,1H3;2-4,9-10,12-13H,5-6H2,1H3;1-2H3;/q-1;;;. The van der Waals surface area contributed by atoms with Gasteiger partial charge in [0.05, 0.1) is 19.5 Å². The zero-order valence-corrected chi connectivity index (χ0v) is 23.4. The largest absolute Gasteiger partial charge is 0.652 e. The first-order valence-corrected chi connectivity index (χ1v) is 11.4. The molecule has 2 unspecified atom stereocenters. The number of nitrogens with one attached hydrogen (secondary N) is 1. The van der Waals surface area contributed by atoms with Crippen molar-refractivity contribution in [2.45, 2.75) is 39.3 Å². The molecule has 1 radical (unpaired) electrons. The maximum atomic E-state index is 9.54. The molecule has 1 aliphatic rings. The van der Waals surface area contributed by atoms with Crippen molar-refractivity contribution in [3.05, 3.63) is 100 Å². The second-order valence-electron chi connectivity index (χ2n) is 7.37. The average Bonchev–Trinajstić information content (AvgIpc) is 2.88. The molecule has 0 saturated heterocycles. The van der Waals surface area contributed by atoms with E-state index >= 15 is 0 Å². The second kappa shape index (κ2) is 16.9. The number of fused-ring (bicyclic) bond motifs is 1. The fraction of sp³-hybridized carbons (Fsp3) is 0.370. The van der Waals surface area contributed by atoms with Gasteiger partial charge in [0.25, 0.3) is 0 Å². The number of aliphatic hydroxyl groups excluding tert-OH is 2. The maximum absolute atomic E-state index is 9.54. The summed E-state index contributed by atoms with van der Waals surface area (Å²) in [6, 6.07) is 22.4. The van der Waals surface area contributed by atoms with E-state index in [1.807, 2.05) is 45.0 Å². The molecule has 0 fully saturated rings. The molecule has 0 amide bonds. The Morgan fingerprint density at radius 2 is 1.82 bits per heavy atom. The zero-order chi connectivity index (χ0) is 24.1. The van der Waals surface area contributed by atoms with Crippen LogP contribution in [0.25, 0.3) is 5.32 Å². The van der Waals surface area contributed by atoms with E-state index in [0.717, 1.165) is 24.4 Å². The molecular formula is C27H36N3O3Y-. The van der Waals surface area contributed by atoms with Crippen LogP contribution in [-0.2, 0) is 39.1 Å². The Kier molecular flexibility index (Phi) is 15.1. The molecule has 0 saturated carbocycles. The topological polar surface area (TPSA) is 88.7 Å². The van der Waals surface area contributed by atoms with E-state index < -0.39 is 6.10 Å². The van der Waals surface area contributed by atoms with Gasteiger partial charge in [0.2, 0.25) is 0 Å². The fourth-order valence-electron chi connectivity index (χ4n) is 3.57. The van der Waals surface area contributed by atoms with E-state index in [2.05, 4.69) is 46.7 Å². The van der Waals surface area contributed by atoms with Crippen LogP contribution in [0.4, 0.5) is 0 Å². The quantitative estimate of drug-likeness (QED) is 0.396. The SMILES string of the molecule is CC.COc1ccc2c(c1)C(c1ccccc1)[N-]CC2.Cc1cccc(C(O)CNCO)n1.[Y]. The van der Waals surface area contributed by atoms with Crippen molar-refractivity contribution in [3.8, 4) is 5.75 Å². The van der Waals surface area contributed by atoms with Crippen molar-refractivity contribution in [2.75, 3.05) is 26.9 Å². The molecule has 2 aromatic carbocycles. The third-order valence-corrected chi connectivity index (χ3v) is 5.16. The Morgan fingerprint density at radius 3 is 2.47 bits per heavy atom. The number of rotatable bonds is 6. The smallest absolute Gasteiger partial charge is 0.119 e. The molecule has 4 rings (SSSR count). The monoisotopic (exact) mass is 539 g/mol. The van der Waals surface area contributed by atoms with Crippen LogP contribution in [0.1, 0.15) is 54.1 Å². The fourth-order valence-corrected chi connectivity index (χ4v) is 3.57. The third kappa shape index (κ3) is 9.18. The van der Waals surface area contributed by atoms with E-state index in [9.17, 15) is 5.11 Å².